The van der Waals surface area contributed by atoms with Gasteiger partial charge in [-0.05, 0) is 61.8 Å². The fourth-order valence-corrected chi connectivity index (χ4v) is 3.55. The summed E-state index contributed by atoms with van der Waals surface area (Å²) in [6.07, 6.45) is 2.97. The molecular formula is C16H19Cl2NO2. The van der Waals surface area contributed by atoms with Gasteiger partial charge in [0.1, 0.15) is 0 Å². The van der Waals surface area contributed by atoms with Gasteiger partial charge < -0.3 is 10.4 Å². The van der Waals surface area contributed by atoms with E-state index < -0.39 is 5.54 Å². The van der Waals surface area contributed by atoms with E-state index in [0.717, 1.165) is 24.8 Å². The fraction of sp³-hybridized carbons (Fsp3) is 0.562. The second-order valence-electron chi connectivity index (χ2n) is 6.49. The average molecular weight is 328 g/mol. The lowest BCUT2D eigenvalue weighted by molar-refractivity contribution is -0.125. The third-order valence-electron chi connectivity index (χ3n) is 4.66. The lowest BCUT2D eigenvalue weighted by atomic mass is 9.96. The first-order valence-electron chi connectivity index (χ1n) is 7.32. The highest BCUT2D eigenvalue weighted by atomic mass is 35.5. The third kappa shape index (κ3) is 3.20. The molecule has 2 saturated carbocycles. The Kier molecular flexibility index (Phi) is 3.93. The van der Waals surface area contributed by atoms with Gasteiger partial charge in [0.05, 0.1) is 12.1 Å². The summed E-state index contributed by atoms with van der Waals surface area (Å²) in [6, 6.07) is 5.44. The molecule has 5 heteroatoms. The lowest BCUT2D eigenvalue weighted by Crippen LogP contribution is -2.51. The third-order valence-corrected chi connectivity index (χ3v) is 5.09. The molecule has 3 nitrogen and oxygen atoms in total. The summed E-state index contributed by atoms with van der Waals surface area (Å²) in [5.41, 5.74) is 0.542. The molecule has 1 aromatic carbocycles. The van der Waals surface area contributed by atoms with Gasteiger partial charge in [0, 0.05) is 16.0 Å². The number of hydrogen-bond acceptors (Lipinski definition) is 2. The van der Waals surface area contributed by atoms with Crippen molar-refractivity contribution < 1.29 is 9.90 Å². The van der Waals surface area contributed by atoms with E-state index in [1.807, 2.05) is 19.1 Å². The maximum absolute atomic E-state index is 12.4. The summed E-state index contributed by atoms with van der Waals surface area (Å²) in [5, 5.41) is 13.8. The van der Waals surface area contributed by atoms with Gasteiger partial charge >= 0.3 is 0 Å². The first-order valence-corrected chi connectivity index (χ1v) is 8.07. The molecule has 3 rings (SSSR count). The van der Waals surface area contributed by atoms with Crippen LogP contribution in [0.2, 0.25) is 10.0 Å². The van der Waals surface area contributed by atoms with Gasteiger partial charge in [-0.2, -0.15) is 0 Å². The highest BCUT2D eigenvalue weighted by Crippen LogP contribution is 2.49. The average Bonchev–Trinajstić information content (AvgIpc) is 3.28. The van der Waals surface area contributed by atoms with E-state index in [0.29, 0.717) is 16.0 Å². The molecule has 3 unspecified atom stereocenters. The molecule has 0 radical (unpaired) electrons. The molecule has 2 N–H and O–H groups in total. The number of benzene rings is 1. The van der Waals surface area contributed by atoms with Gasteiger partial charge in [-0.25, -0.2) is 0 Å². The number of rotatable bonds is 5. The second-order valence-corrected chi connectivity index (χ2v) is 7.36. The first-order chi connectivity index (χ1) is 9.93. The fourth-order valence-electron chi connectivity index (χ4n) is 3.01. The quantitative estimate of drug-likeness (QED) is 0.871. The predicted octanol–water partition coefficient (Wildman–Crippen LogP) is 3.37. The van der Waals surface area contributed by atoms with E-state index >= 15 is 0 Å². The van der Waals surface area contributed by atoms with Gasteiger partial charge in [0.25, 0.3) is 0 Å². The number of nitrogens with one attached hydrogen (secondary N) is 1. The minimum Gasteiger partial charge on any atom is -0.394 e. The standard InChI is InChI=1S/C16H19Cl2NO2/c1-16(8-20,10-2-3-10)19-15(21)14-7-13(14)9-4-11(17)6-12(18)5-9/h4-6,10,13-14,20H,2-3,7-8H2,1H3,(H,19,21). The van der Waals surface area contributed by atoms with E-state index in [1.54, 1.807) is 6.07 Å². The van der Waals surface area contributed by atoms with Crippen LogP contribution in [0, 0.1) is 11.8 Å². The van der Waals surface area contributed by atoms with Crippen LogP contribution in [0.1, 0.15) is 37.7 Å². The zero-order chi connectivity index (χ0) is 15.2. The molecule has 0 heterocycles. The van der Waals surface area contributed by atoms with Crippen LogP contribution in [0.4, 0.5) is 0 Å². The Hall–Kier alpha value is -0.770. The minimum absolute atomic E-state index is 0.0101. The first kappa shape index (κ1) is 15.1. The van der Waals surface area contributed by atoms with E-state index in [2.05, 4.69) is 5.32 Å². The lowest BCUT2D eigenvalue weighted by Gasteiger charge is -2.29. The number of halogens is 2. The Morgan fingerprint density at radius 2 is 1.95 bits per heavy atom. The van der Waals surface area contributed by atoms with Crippen molar-refractivity contribution in [2.45, 2.75) is 37.6 Å². The number of aliphatic hydroxyl groups excluding tert-OH is 1. The Balaban J connectivity index is 1.65. The SMILES string of the molecule is CC(CO)(NC(=O)C1CC1c1cc(Cl)cc(Cl)c1)C1CC1. The van der Waals surface area contributed by atoms with Gasteiger partial charge in [-0.15, -0.1) is 0 Å². The number of amides is 1. The largest absolute Gasteiger partial charge is 0.394 e. The van der Waals surface area contributed by atoms with Crippen molar-refractivity contribution >= 4 is 29.1 Å². The summed E-state index contributed by atoms with van der Waals surface area (Å²) >= 11 is 12.0. The predicted molar refractivity (Wildman–Crippen MR) is 83.7 cm³/mol. The van der Waals surface area contributed by atoms with Crippen molar-refractivity contribution in [3.05, 3.63) is 33.8 Å². The molecule has 114 valence electrons. The van der Waals surface area contributed by atoms with Gasteiger partial charge in [0.15, 0.2) is 0 Å². The van der Waals surface area contributed by atoms with Crippen LogP contribution in [0.25, 0.3) is 0 Å². The van der Waals surface area contributed by atoms with Crippen molar-refractivity contribution in [1.82, 2.24) is 5.32 Å². The molecule has 1 amide bonds. The molecule has 21 heavy (non-hydrogen) atoms. The van der Waals surface area contributed by atoms with Gasteiger partial charge in [-0.1, -0.05) is 23.2 Å². The molecule has 0 bridgehead atoms. The van der Waals surface area contributed by atoms with Crippen LogP contribution in [0.15, 0.2) is 18.2 Å². The van der Waals surface area contributed by atoms with E-state index in [1.165, 1.54) is 0 Å². The molecule has 0 spiro atoms. The van der Waals surface area contributed by atoms with Crippen molar-refractivity contribution in [1.29, 1.82) is 0 Å². The molecular weight excluding hydrogens is 309 g/mol. The van der Waals surface area contributed by atoms with E-state index in [9.17, 15) is 9.90 Å². The normalized spacial score (nSPS) is 27.0. The molecule has 0 aromatic heterocycles. The Bertz CT molecular complexity index is 553. The smallest absolute Gasteiger partial charge is 0.224 e. The van der Waals surface area contributed by atoms with Gasteiger partial charge in [0.2, 0.25) is 5.91 Å². The molecule has 1 aromatic rings. The number of carbonyl (C=O) groups excluding carboxylic acids is 1. The second kappa shape index (κ2) is 5.45. The van der Waals surface area contributed by atoms with Crippen molar-refractivity contribution in [2.75, 3.05) is 6.61 Å². The molecule has 0 saturated heterocycles. The zero-order valence-corrected chi connectivity index (χ0v) is 13.4. The van der Waals surface area contributed by atoms with Crippen LogP contribution < -0.4 is 5.32 Å². The maximum atomic E-state index is 12.4. The number of carbonyl (C=O) groups is 1. The van der Waals surface area contributed by atoms with Crippen LogP contribution in [-0.2, 0) is 4.79 Å². The summed E-state index contributed by atoms with van der Waals surface area (Å²) in [4.78, 5) is 12.4. The molecule has 2 aliphatic rings. The number of aliphatic hydroxyl groups is 1. The maximum Gasteiger partial charge on any atom is 0.224 e. The highest BCUT2D eigenvalue weighted by molar-refractivity contribution is 6.34. The van der Waals surface area contributed by atoms with Crippen molar-refractivity contribution in [3.63, 3.8) is 0 Å². The summed E-state index contributed by atoms with van der Waals surface area (Å²) in [5.74, 6) is 0.580. The Morgan fingerprint density at radius 3 is 2.48 bits per heavy atom. The van der Waals surface area contributed by atoms with Crippen LogP contribution in [0.5, 0.6) is 0 Å². The van der Waals surface area contributed by atoms with Gasteiger partial charge in [-0.3, -0.25) is 4.79 Å². The van der Waals surface area contributed by atoms with Crippen molar-refractivity contribution in [3.8, 4) is 0 Å². The Morgan fingerprint density at radius 1 is 1.33 bits per heavy atom. The summed E-state index contributed by atoms with van der Waals surface area (Å²) < 4.78 is 0. The van der Waals surface area contributed by atoms with Crippen LogP contribution in [0.3, 0.4) is 0 Å². The summed E-state index contributed by atoms with van der Waals surface area (Å²) in [6.45, 7) is 1.92. The van der Waals surface area contributed by atoms with Crippen molar-refractivity contribution in [2.24, 2.45) is 11.8 Å². The highest BCUT2D eigenvalue weighted by Gasteiger charge is 2.48. The topological polar surface area (TPSA) is 49.3 Å². The molecule has 3 atom stereocenters. The Labute approximate surface area is 134 Å². The molecule has 2 aliphatic carbocycles. The van der Waals surface area contributed by atoms with E-state index in [4.69, 9.17) is 23.2 Å². The van der Waals surface area contributed by atoms with E-state index in [-0.39, 0.29) is 24.3 Å². The molecule has 2 fully saturated rings. The van der Waals surface area contributed by atoms with Crippen LogP contribution >= 0.6 is 23.2 Å². The molecule has 0 aliphatic heterocycles. The minimum atomic E-state index is -0.476. The monoisotopic (exact) mass is 327 g/mol. The number of hydrogen-bond donors (Lipinski definition) is 2. The summed E-state index contributed by atoms with van der Waals surface area (Å²) in [7, 11) is 0. The zero-order valence-electron chi connectivity index (χ0n) is 11.9. The van der Waals surface area contributed by atoms with Crippen LogP contribution in [-0.4, -0.2) is 23.2 Å².